The molecule has 2 N–H and O–H groups in total. The lowest BCUT2D eigenvalue weighted by Gasteiger charge is -2.34. The van der Waals surface area contributed by atoms with Crippen LogP contribution in [-0.4, -0.2) is 73.6 Å². The van der Waals surface area contributed by atoms with E-state index in [0.717, 1.165) is 12.8 Å². The Labute approximate surface area is 176 Å². The Morgan fingerprint density at radius 3 is 2.30 bits per heavy atom. The molecule has 164 valence electrons. The van der Waals surface area contributed by atoms with E-state index in [2.05, 4.69) is 10.6 Å². The van der Waals surface area contributed by atoms with Crippen LogP contribution in [0.15, 0.2) is 18.2 Å². The van der Waals surface area contributed by atoms with Gasteiger partial charge in [-0.1, -0.05) is 0 Å². The molecule has 1 saturated carbocycles. The Morgan fingerprint density at radius 2 is 1.67 bits per heavy atom. The minimum absolute atomic E-state index is 0.117. The van der Waals surface area contributed by atoms with E-state index in [1.807, 2.05) is 23.6 Å². The van der Waals surface area contributed by atoms with Crippen molar-refractivity contribution in [2.75, 3.05) is 51.3 Å². The summed E-state index contributed by atoms with van der Waals surface area (Å²) < 4.78 is 11.0. The number of nitrogens with one attached hydrogen (secondary N) is 2. The van der Waals surface area contributed by atoms with Gasteiger partial charge in [-0.25, -0.2) is 4.79 Å². The van der Waals surface area contributed by atoms with Crippen LogP contribution in [-0.2, 0) is 9.59 Å². The second-order valence-electron chi connectivity index (χ2n) is 7.41. The molecular weight excluding hydrogens is 388 g/mol. The van der Waals surface area contributed by atoms with Gasteiger partial charge in [0.2, 0.25) is 11.8 Å². The van der Waals surface area contributed by atoms with Gasteiger partial charge < -0.3 is 19.7 Å². The molecule has 0 aromatic heterocycles. The molecule has 1 saturated heterocycles. The molecule has 3 rings (SSSR count). The third kappa shape index (κ3) is 6.09. The molecule has 30 heavy (non-hydrogen) atoms. The lowest BCUT2D eigenvalue weighted by molar-refractivity contribution is -0.134. The molecular formula is C21H30N4O5. The van der Waals surface area contributed by atoms with E-state index < -0.39 is 6.03 Å². The van der Waals surface area contributed by atoms with E-state index in [0.29, 0.717) is 56.6 Å². The molecule has 2 aliphatic rings. The highest BCUT2D eigenvalue weighted by Crippen LogP contribution is 2.31. The standard InChI is InChI=1S/C21H30N4O5/c1-3-29-17-8-7-16(13-18(17)30-4-2)22-21(28)23-19(26)14-24-9-11-25(12-10-24)20(27)15-5-6-15/h7-8,13,15H,3-6,9-12,14H2,1-2H3,(H2,22,23,26,28). The van der Waals surface area contributed by atoms with Gasteiger partial charge >= 0.3 is 6.03 Å². The first-order valence-corrected chi connectivity index (χ1v) is 10.5. The van der Waals surface area contributed by atoms with Crippen molar-refractivity contribution in [3.05, 3.63) is 18.2 Å². The maximum absolute atomic E-state index is 12.2. The fourth-order valence-electron chi connectivity index (χ4n) is 3.38. The average molecular weight is 418 g/mol. The molecule has 9 nitrogen and oxygen atoms in total. The number of hydrogen-bond acceptors (Lipinski definition) is 6. The first kappa shape index (κ1) is 21.9. The molecule has 1 aromatic rings. The van der Waals surface area contributed by atoms with Gasteiger partial charge in [0.05, 0.1) is 19.8 Å². The van der Waals surface area contributed by atoms with E-state index in [9.17, 15) is 14.4 Å². The summed E-state index contributed by atoms with van der Waals surface area (Å²) in [6.45, 7) is 7.34. The summed E-state index contributed by atoms with van der Waals surface area (Å²) >= 11 is 0. The van der Waals surface area contributed by atoms with Crippen LogP contribution >= 0.6 is 0 Å². The van der Waals surface area contributed by atoms with Crippen LogP contribution in [0.5, 0.6) is 11.5 Å². The summed E-state index contributed by atoms with van der Waals surface area (Å²) in [6, 6.07) is 4.46. The topological polar surface area (TPSA) is 100 Å². The van der Waals surface area contributed by atoms with Crippen molar-refractivity contribution in [1.82, 2.24) is 15.1 Å². The van der Waals surface area contributed by atoms with E-state index in [4.69, 9.17) is 9.47 Å². The summed E-state index contributed by atoms with van der Waals surface area (Å²) in [5, 5.41) is 4.99. The molecule has 4 amide bonds. The highest BCUT2D eigenvalue weighted by Gasteiger charge is 2.34. The number of carbonyl (C=O) groups is 3. The average Bonchev–Trinajstić information content (AvgIpc) is 3.55. The number of anilines is 1. The van der Waals surface area contributed by atoms with Gasteiger partial charge in [-0.05, 0) is 38.8 Å². The third-order valence-electron chi connectivity index (χ3n) is 5.03. The zero-order valence-electron chi connectivity index (χ0n) is 17.6. The summed E-state index contributed by atoms with van der Waals surface area (Å²) in [7, 11) is 0. The molecule has 1 aromatic carbocycles. The van der Waals surface area contributed by atoms with Crippen LogP contribution < -0.4 is 20.1 Å². The first-order valence-electron chi connectivity index (χ1n) is 10.5. The Balaban J connectivity index is 1.44. The maximum Gasteiger partial charge on any atom is 0.325 e. The van der Waals surface area contributed by atoms with Crippen molar-refractivity contribution >= 4 is 23.5 Å². The molecule has 0 atom stereocenters. The number of piperazine rings is 1. The van der Waals surface area contributed by atoms with Crippen molar-refractivity contribution in [1.29, 1.82) is 0 Å². The molecule has 0 unspecified atom stereocenters. The van der Waals surface area contributed by atoms with Crippen molar-refractivity contribution in [3.8, 4) is 11.5 Å². The molecule has 0 radical (unpaired) electrons. The monoisotopic (exact) mass is 418 g/mol. The number of ether oxygens (including phenoxy) is 2. The lowest BCUT2D eigenvalue weighted by Crippen LogP contribution is -2.52. The zero-order valence-corrected chi connectivity index (χ0v) is 17.6. The van der Waals surface area contributed by atoms with E-state index in [-0.39, 0.29) is 24.3 Å². The number of benzene rings is 1. The van der Waals surface area contributed by atoms with Crippen LogP contribution in [0.2, 0.25) is 0 Å². The van der Waals surface area contributed by atoms with Gasteiger partial charge in [0, 0.05) is 43.9 Å². The zero-order chi connectivity index (χ0) is 21.5. The van der Waals surface area contributed by atoms with Crippen LogP contribution in [0, 0.1) is 5.92 Å². The third-order valence-corrected chi connectivity index (χ3v) is 5.03. The molecule has 1 aliphatic carbocycles. The predicted octanol–water partition coefficient (Wildman–Crippen LogP) is 1.69. The molecule has 0 spiro atoms. The van der Waals surface area contributed by atoms with Crippen molar-refractivity contribution < 1.29 is 23.9 Å². The van der Waals surface area contributed by atoms with Gasteiger partial charge in [0.1, 0.15) is 0 Å². The number of hydrogen-bond donors (Lipinski definition) is 2. The quantitative estimate of drug-likeness (QED) is 0.666. The number of rotatable bonds is 8. The smallest absolute Gasteiger partial charge is 0.325 e. The van der Waals surface area contributed by atoms with Gasteiger partial charge in [0.15, 0.2) is 11.5 Å². The molecule has 1 aliphatic heterocycles. The minimum Gasteiger partial charge on any atom is -0.490 e. The normalized spacial score (nSPS) is 16.7. The van der Waals surface area contributed by atoms with Crippen LogP contribution in [0.25, 0.3) is 0 Å². The highest BCUT2D eigenvalue weighted by atomic mass is 16.5. The van der Waals surface area contributed by atoms with Gasteiger partial charge in [0.25, 0.3) is 0 Å². The van der Waals surface area contributed by atoms with Crippen LogP contribution in [0.3, 0.4) is 0 Å². The minimum atomic E-state index is -0.603. The predicted molar refractivity (Wildman–Crippen MR) is 112 cm³/mol. The van der Waals surface area contributed by atoms with Crippen LogP contribution in [0.1, 0.15) is 26.7 Å². The fourth-order valence-corrected chi connectivity index (χ4v) is 3.38. The maximum atomic E-state index is 12.2. The Bertz CT molecular complexity index is 773. The van der Waals surface area contributed by atoms with E-state index >= 15 is 0 Å². The highest BCUT2D eigenvalue weighted by molar-refractivity contribution is 6.01. The first-order chi connectivity index (χ1) is 14.5. The number of urea groups is 1. The molecule has 9 heteroatoms. The molecule has 0 bridgehead atoms. The van der Waals surface area contributed by atoms with Crippen molar-refractivity contribution in [3.63, 3.8) is 0 Å². The Kier molecular flexibility index (Phi) is 7.51. The molecule has 2 fully saturated rings. The second-order valence-corrected chi connectivity index (χ2v) is 7.41. The van der Waals surface area contributed by atoms with Crippen LogP contribution in [0.4, 0.5) is 10.5 Å². The Hall–Kier alpha value is -2.81. The van der Waals surface area contributed by atoms with Gasteiger partial charge in [-0.2, -0.15) is 0 Å². The SMILES string of the molecule is CCOc1ccc(NC(=O)NC(=O)CN2CCN(C(=O)C3CC3)CC2)cc1OCC. The van der Waals surface area contributed by atoms with Gasteiger partial charge in [-0.3, -0.25) is 19.8 Å². The largest absolute Gasteiger partial charge is 0.490 e. The number of carbonyl (C=O) groups excluding carboxylic acids is 3. The second kappa shape index (κ2) is 10.3. The molecule has 1 heterocycles. The lowest BCUT2D eigenvalue weighted by atomic mass is 10.2. The summed E-state index contributed by atoms with van der Waals surface area (Å²) in [5.41, 5.74) is 0.499. The van der Waals surface area contributed by atoms with E-state index in [1.165, 1.54) is 0 Å². The Morgan fingerprint density at radius 1 is 1.00 bits per heavy atom. The van der Waals surface area contributed by atoms with Crippen molar-refractivity contribution in [2.24, 2.45) is 5.92 Å². The summed E-state index contributed by atoms with van der Waals surface area (Å²) in [5.74, 6) is 1.20. The number of amides is 4. The van der Waals surface area contributed by atoms with E-state index in [1.54, 1.807) is 18.2 Å². The summed E-state index contributed by atoms with van der Waals surface area (Å²) in [4.78, 5) is 40.3. The van der Waals surface area contributed by atoms with Crippen molar-refractivity contribution in [2.45, 2.75) is 26.7 Å². The summed E-state index contributed by atoms with van der Waals surface area (Å²) in [6.07, 6.45) is 1.99. The number of nitrogens with zero attached hydrogens (tertiary/aromatic N) is 2. The van der Waals surface area contributed by atoms with Gasteiger partial charge in [-0.15, -0.1) is 0 Å². The fraction of sp³-hybridized carbons (Fsp3) is 0.571. The number of imide groups is 1.